The summed E-state index contributed by atoms with van der Waals surface area (Å²) in [5.74, 6) is 2.11. The summed E-state index contributed by atoms with van der Waals surface area (Å²) in [4.78, 5) is 4.32. The van der Waals surface area contributed by atoms with Gasteiger partial charge in [0.25, 0.3) is 0 Å². The van der Waals surface area contributed by atoms with Crippen LogP contribution >= 0.6 is 0 Å². The molecule has 0 spiro atoms. The van der Waals surface area contributed by atoms with E-state index in [0.717, 1.165) is 17.1 Å². The molecule has 0 aliphatic heterocycles. The largest absolute Gasteiger partial charge is 0.384 e. The highest BCUT2D eigenvalue weighted by molar-refractivity contribution is 5.43. The van der Waals surface area contributed by atoms with E-state index in [9.17, 15) is 0 Å². The molecule has 2 heterocycles. The highest BCUT2D eigenvalue weighted by atomic mass is 15.3. The summed E-state index contributed by atoms with van der Waals surface area (Å²) in [7, 11) is 0. The van der Waals surface area contributed by atoms with E-state index >= 15 is 0 Å². The molecular formula is C12H14N4. The molecule has 2 aromatic heterocycles. The fourth-order valence-electron chi connectivity index (χ4n) is 1.86. The van der Waals surface area contributed by atoms with E-state index in [0.29, 0.717) is 11.7 Å². The zero-order valence-electron chi connectivity index (χ0n) is 9.22. The number of nitrogens with two attached hydrogens (primary N) is 1. The van der Waals surface area contributed by atoms with Gasteiger partial charge in [0.1, 0.15) is 5.82 Å². The van der Waals surface area contributed by atoms with Gasteiger partial charge in [0, 0.05) is 18.2 Å². The van der Waals surface area contributed by atoms with Gasteiger partial charge in [-0.1, -0.05) is 6.07 Å². The van der Waals surface area contributed by atoms with Crippen molar-refractivity contribution in [2.24, 2.45) is 0 Å². The maximum Gasteiger partial charge on any atom is 0.158 e. The van der Waals surface area contributed by atoms with Crippen LogP contribution in [0.4, 0.5) is 5.82 Å². The Kier molecular flexibility index (Phi) is 1.96. The Labute approximate surface area is 94.1 Å². The minimum atomic E-state index is 0.618. The number of aromatic nitrogens is 3. The van der Waals surface area contributed by atoms with Crippen molar-refractivity contribution in [3.05, 3.63) is 35.7 Å². The van der Waals surface area contributed by atoms with Gasteiger partial charge in [-0.25, -0.2) is 4.98 Å². The third-order valence-corrected chi connectivity index (χ3v) is 2.93. The van der Waals surface area contributed by atoms with Crippen molar-refractivity contribution in [3.63, 3.8) is 0 Å². The average molecular weight is 214 g/mol. The van der Waals surface area contributed by atoms with E-state index in [1.54, 1.807) is 10.9 Å². The minimum absolute atomic E-state index is 0.618. The summed E-state index contributed by atoms with van der Waals surface area (Å²) in [6, 6.07) is 5.90. The zero-order chi connectivity index (χ0) is 11.1. The lowest BCUT2D eigenvalue weighted by molar-refractivity contribution is 0.814. The fourth-order valence-corrected chi connectivity index (χ4v) is 1.86. The fraction of sp³-hybridized carbons (Fsp3) is 0.333. The van der Waals surface area contributed by atoms with Crippen molar-refractivity contribution in [1.29, 1.82) is 0 Å². The predicted octanol–water partition coefficient (Wildman–Crippen LogP) is 2.04. The maximum atomic E-state index is 5.97. The second kappa shape index (κ2) is 3.33. The number of rotatable bonds is 2. The molecule has 1 fully saturated rings. The van der Waals surface area contributed by atoms with Gasteiger partial charge in [-0.2, -0.15) is 9.78 Å². The van der Waals surface area contributed by atoms with Crippen LogP contribution in [0.2, 0.25) is 0 Å². The lowest BCUT2D eigenvalue weighted by Crippen LogP contribution is -2.05. The van der Waals surface area contributed by atoms with E-state index in [2.05, 4.69) is 10.1 Å². The quantitative estimate of drug-likeness (QED) is 0.832. The van der Waals surface area contributed by atoms with Gasteiger partial charge in [0.2, 0.25) is 0 Å². The predicted molar refractivity (Wildman–Crippen MR) is 62.5 cm³/mol. The van der Waals surface area contributed by atoms with Crippen LogP contribution < -0.4 is 5.73 Å². The first kappa shape index (κ1) is 9.39. The molecule has 4 nitrogen and oxygen atoms in total. The molecule has 2 N–H and O–H groups in total. The van der Waals surface area contributed by atoms with E-state index < -0.39 is 0 Å². The Hall–Kier alpha value is -1.84. The van der Waals surface area contributed by atoms with Crippen LogP contribution in [0.25, 0.3) is 5.82 Å². The van der Waals surface area contributed by atoms with Gasteiger partial charge in [0.15, 0.2) is 5.82 Å². The molecule has 2 aromatic rings. The molecule has 4 heteroatoms. The molecule has 1 saturated carbocycles. The van der Waals surface area contributed by atoms with E-state index in [1.165, 1.54) is 12.8 Å². The van der Waals surface area contributed by atoms with Crippen LogP contribution in [0.3, 0.4) is 0 Å². The second-order valence-corrected chi connectivity index (χ2v) is 4.32. The standard InChI is InChI=1S/C12H14N4/c1-8-3-2-6-14-12(8)16-11(13)7-10(15-16)9-4-5-9/h2-3,6-7,9H,4-5,13H2,1H3. The molecule has 0 radical (unpaired) electrons. The highest BCUT2D eigenvalue weighted by Gasteiger charge is 2.27. The van der Waals surface area contributed by atoms with Gasteiger partial charge in [-0.05, 0) is 31.4 Å². The Morgan fingerprint density at radius 2 is 2.25 bits per heavy atom. The Morgan fingerprint density at radius 3 is 2.94 bits per heavy atom. The lowest BCUT2D eigenvalue weighted by atomic mass is 10.3. The van der Waals surface area contributed by atoms with Crippen LogP contribution in [0.1, 0.15) is 30.0 Å². The molecule has 82 valence electrons. The Bertz CT molecular complexity index is 526. The smallest absolute Gasteiger partial charge is 0.158 e. The molecule has 0 bridgehead atoms. The summed E-state index contributed by atoms with van der Waals surface area (Å²) in [5.41, 5.74) is 8.15. The van der Waals surface area contributed by atoms with Gasteiger partial charge < -0.3 is 5.73 Å². The van der Waals surface area contributed by atoms with Crippen LogP contribution in [0.15, 0.2) is 24.4 Å². The van der Waals surface area contributed by atoms with Crippen molar-refractivity contribution >= 4 is 5.82 Å². The van der Waals surface area contributed by atoms with E-state index in [-0.39, 0.29) is 0 Å². The van der Waals surface area contributed by atoms with Crippen molar-refractivity contribution < 1.29 is 0 Å². The second-order valence-electron chi connectivity index (χ2n) is 4.32. The molecule has 3 rings (SSSR count). The van der Waals surface area contributed by atoms with Gasteiger partial charge in [-0.3, -0.25) is 0 Å². The van der Waals surface area contributed by atoms with Crippen molar-refractivity contribution in [2.45, 2.75) is 25.7 Å². The topological polar surface area (TPSA) is 56.7 Å². The SMILES string of the molecule is Cc1cccnc1-n1nc(C2CC2)cc1N. The Morgan fingerprint density at radius 1 is 1.44 bits per heavy atom. The van der Waals surface area contributed by atoms with Crippen molar-refractivity contribution in [3.8, 4) is 5.82 Å². The molecule has 1 aliphatic carbocycles. The molecule has 0 amide bonds. The lowest BCUT2D eigenvalue weighted by Gasteiger charge is -2.05. The molecule has 0 saturated heterocycles. The summed E-state index contributed by atoms with van der Waals surface area (Å²) in [5, 5.41) is 4.53. The Balaban J connectivity index is 2.08. The molecule has 16 heavy (non-hydrogen) atoms. The average Bonchev–Trinajstić information content (AvgIpc) is 3.04. The molecule has 0 aromatic carbocycles. The van der Waals surface area contributed by atoms with Gasteiger partial charge >= 0.3 is 0 Å². The summed E-state index contributed by atoms with van der Waals surface area (Å²) in [6.45, 7) is 2.01. The summed E-state index contributed by atoms with van der Waals surface area (Å²) in [6.07, 6.45) is 4.23. The third kappa shape index (κ3) is 1.46. The van der Waals surface area contributed by atoms with E-state index in [1.807, 2.05) is 25.1 Å². The molecular weight excluding hydrogens is 200 g/mol. The molecule has 0 unspecified atom stereocenters. The first-order valence-corrected chi connectivity index (χ1v) is 5.53. The van der Waals surface area contributed by atoms with Crippen molar-refractivity contribution in [2.75, 3.05) is 5.73 Å². The third-order valence-electron chi connectivity index (χ3n) is 2.93. The van der Waals surface area contributed by atoms with Gasteiger partial charge in [0.05, 0.1) is 5.69 Å². The van der Waals surface area contributed by atoms with Crippen LogP contribution in [0, 0.1) is 6.92 Å². The minimum Gasteiger partial charge on any atom is -0.384 e. The van der Waals surface area contributed by atoms with Gasteiger partial charge in [-0.15, -0.1) is 0 Å². The van der Waals surface area contributed by atoms with Crippen LogP contribution in [-0.4, -0.2) is 14.8 Å². The van der Waals surface area contributed by atoms with Crippen LogP contribution in [-0.2, 0) is 0 Å². The number of hydrogen-bond acceptors (Lipinski definition) is 3. The number of nitrogen functional groups attached to an aromatic ring is 1. The number of pyridine rings is 1. The van der Waals surface area contributed by atoms with E-state index in [4.69, 9.17) is 5.73 Å². The van der Waals surface area contributed by atoms with Crippen LogP contribution in [0.5, 0.6) is 0 Å². The summed E-state index contributed by atoms with van der Waals surface area (Å²) >= 11 is 0. The summed E-state index contributed by atoms with van der Waals surface area (Å²) < 4.78 is 1.74. The molecule has 0 atom stereocenters. The number of anilines is 1. The van der Waals surface area contributed by atoms with Crippen molar-refractivity contribution in [1.82, 2.24) is 14.8 Å². The number of nitrogens with zero attached hydrogens (tertiary/aromatic N) is 3. The monoisotopic (exact) mass is 214 g/mol. The normalized spacial score (nSPS) is 15.3. The maximum absolute atomic E-state index is 5.97. The molecule has 1 aliphatic rings. The number of aryl methyl sites for hydroxylation is 1. The zero-order valence-corrected chi connectivity index (χ0v) is 9.22. The number of hydrogen-bond donors (Lipinski definition) is 1. The highest BCUT2D eigenvalue weighted by Crippen LogP contribution is 2.40. The first-order valence-electron chi connectivity index (χ1n) is 5.53. The first-order chi connectivity index (χ1) is 7.75.